The molecular weight excluding hydrogens is 210 g/mol. The van der Waals surface area contributed by atoms with E-state index in [0.717, 1.165) is 17.5 Å². The van der Waals surface area contributed by atoms with E-state index in [1.54, 1.807) is 6.20 Å². The SMILES string of the molecule is Cc1ccc(Cc2c[nH]c(=O)c(C)c2)c(C)c1. The minimum Gasteiger partial charge on any atom is -0.329 e. The fraction of sp³-hybridized carbons (Fsp3) is 0.267. The van der Waals surface area contributed by atoms with Gasteiger partial charge in [-0.1, -0.05) is 23.8 Å². The van der Waals surface area contributed by atoms with E-state index in [-0.39, 0.29) is 5.56 Å². The maximum atomic E-state index is 11.3. The molecular formula is C15H17NO. The number of aromatic nitrogens is 1. The molecule has 2 rings (SSSR count). The zero-order valence-electron chi connectivity index (χ0n) is 10.5. The van der Waals surface area contributed by atoms with Gasteiger partial charge in [-0.05, 0) is 49.9 Å². The van der Waals surface area contributed by atoms with Gasteiger partial charge in [0.2, 0.25) is 0 Å². The van der Waals surface area contributed by atoms with Crippen molar-refractivity contribution in [2.24, 2.45) is 0 Å². The zero-order chi connectivity index (χ0) is 12.4. The van der Waals surface area contributed by atoms with Gasteiger partial charge >= 0.3 is 0 Å². The zero-order valence-corrected chi connectivity index (χ0v) is 10.5. The number of benzene rings is 1. The smallest absolute Gasteiger partial charge is 0.250 e. The molecule has 0 saturated carbocycles. The molecule has 0 spiro atoms. The van der Waals surface area contributed by atoms with Crippen molar-refractivity contribution in [1.29, 1.82) is 0 Å². The Labute approximate surface area is 101 Å². The normalized spacial score (nSPS) is 10.5. The third-order valence-electron chi connectivity index (χ3n) is 3.04. The number of H-pyrrole nitrogens is 1. The van der Waals surface area contributed by atoms with E-state index in [1.807, 2.05) is 13.0 Å². The Hall–Kier alpha value is -1.83. The van der Waals surface area contributed by atoms with E-state index in [4.69, 9.17) is 0 Å². The summed E-state index contributed by atoms with van der Waals surface area (Å²) in [4.78, 5) is 14.0. The van der Waals surface area contributed by atoms with Crippen LogP contribution >= 0.6 is 0 Å². The molecule has 0 fully saturated rings. The van der Waals surface area contributed by atoms with Crippen LogP contribution in [0.25, 0.3) is 0 Å². The molecule has 0 atom stereocenters. The quantitative estimate of drug-likeness (QED) is 0.840. The highest BCUT2D eigenvalue weighted by Gasteiger charge is 2.02. The van der Waals surface area contributed by atoms with Crippen LogP contribution in [-0.2, 0) is 6.42 Å². The van der Waals surface area contributed by atoms with Crippen molar-refractivity contribution >= 4 is 0 Å². The summed E-state index contributed by atoms with van der Waals surface area (Å²) < 4.78 is 0. The van der Waals surface area contributed by atoms with Gasteiger partial charge in [0.1, 0.15) is 0 Å². The number of rotatable bonds is 2. The monoisotopic (exact) mass is 227 g/mol. The molecule has 0 saturated heterocycles. The van der Waals surface area contributed by atoms with Crippen LogP contribution in [0.5, 0.6) is 0 Å². The summed E-state index contributed by atoms with van der Waals surface area (Å²) >= 11 is 0. The Morgan fingerprint density at radius 2 is 1.82 bits per heavy atom. The Morgan fingerprint density at radius 3 is 2.47 bits per heavy atom. The highest BCUT2D eigenvalue weighted by molar-refractivity contribution is 5.34. The largest absolute Gasteiger partial charge is 0.329 e. The van der Waals surface area contributed by atoms with E-state index < -0.39 is 0 Å². The van der Waals surface area contributed by atoms with Crippen molar-refractivity contribution in [1.82, 2.24) is 4.98 Å². The lowest BCUT2D eigenvalue weighted by Crippen LogP contribution is -2.09. The standard InChI is InChI=1S/C15H17NO/c1-10-4-5-14(11(2)6-10)8-13-7-12(3)15(17)16-9-13/h4-7,9H,8H2,1-3H3,(H,16,17). The number of hydrogen-bond acceptors (Lipinski definition) is 1. The molecule has 0 bridgehead atoms. The molecule has 2 aromatic rings. The van der Waals surface area contributed by atoms with Crippen LogP contribution in [0, 0.1) is 20.8 Å². The van der Waals surface area contributed by atoms with Crippen molar-refractivity contribution in [3.8, 4) is 0 Å². The lowest BCUT2D eigenvalue weighted by Gasteiger charge is -2.07. The average Bonchev–Trinajstić information content (AvgIpc) is 2.27. The van der Waals surface area contributed by atoms with Crippen LogP contribution in [0.3, 0.4) is 0 Å². The van der Waals surface area contributed by atoms with E-state index in [0.29, 0.717) is 0 Å². The first-order valence-corrected chi connectivity index (χ1v) is 5.80. The molecule has 1 N–H and O–H groups in total. The van der Waals surface area contributed by atoms with Crippen LogP contribution < -0.4 is 5.56 Å². The van der Waals surface area contributed by atoms with Crippen LogP contribution in [0.4, 0.5) is 0 Å². The Kier molecular flexibility index (Phi) is 3.14. The van der Waals surface area contributed by atoms with Gasteiger partial charge in [-0.15, -0.1) is 0 Å². The molecule has 0 radical (unpaired) electrons. The van der Waals surface area contributed by atoms with Crippen LogP contribution in [0.15, 0.2) is 35.3 Å². The van der Waals surface area contributed by atoms with E-state index in [2.05, 4.69) is 37.0 Å². The molecule has 17 heavy (non-hydrogen) atoms. The van der Waals surface area contributed by atoms with Gasteiger partial charge < -0.3 is 4.98 Å². The minimum absolute atomic E-state index is 0.00521. The number of aryl methyl sites for hydroxylation is 3. The summed E-state index contributed by atoms with van der Waals surface area (Å²) in [6.07, 6.45) is 2.67. The maximum Gasteiger partial charge on any atom is 0.250 e. The van der Waals surface area contributed by atoms with Crippen LogP contribution in [-0.4, -0.2) is 4.98 Å². The molecule has 88 valence electrons. The van der Waals surface area contributed by atoms with Gasteiger partial charge in [-0.2, -0.15) is 0 Å². The number of aromatic amines is 1. The van der Waals surface area contributed by atoms with E-state index in [9.17, 15) is 4.79 Å². The number of nitrogens with one attached hydrogen (secondary N) is 1. The van der Waals surface area contributed by atoms with Gasteiger partial charge in [-0.3, -0.25) is 4.79 Å². The van der Waals surface area contributed by atoms with Gasteiger partial charge in [0, 0.05) is 11.8 Å². The number of hydrogen-bond donors (Lipinski definition) is 1. The Balaban J connectivity index is 2.31. The fourth-order valence-electron chi connectivity index (χ4n) is 2.02. The fourth-order valence-corrected chi connectivity index (χ4v) is 2.02. The minimum atomic E-state index is -0.00521. The summed E-state index contributed by atoms with van der Waals surface area (Å²) in [5.74, 6) is 0. The molecule has 0 unspecified atom stereocenters. The van der Waals surface area contributed by atoms with E-state index in [1.165, 1.54) is 16.7 Å². The predicted molar refractivity (Wildman–Crippen MR) is 70.5 cm³/mol. The maximum absolute atomic E-state index is 11.3. The molecule has 1 aromatic heterocycles. The molecule has 0 aliphatic heterocycles. The molecule has 1 aromatic carbocycles. The van der Waals surface area contributed by atoms with Crippen molar-refractivity contribution < 1.29 is 0 Å². The first-order chi connectivity index (χ1) is 8.06. The first kappa shape index (κ1) is 11.6. The second kappa shape index (κ2) is 4.58. The van der Waals surface area contributed by atoms with Crippen molar-refractivity contribution in [2.75, 3.05) is 0 Å². The third kappa shape index (κ3) is 2.64. The van der Waals surface area contributed by atoms with Crippen LogP contribution in [0.1, 0.15) is 27.8 Å². The lowest BCUT2D eigenvalue weighted by atomic mass is 9.99. The molecule has 2 heteroatoms. The molecule has 1 heterocycles. The van der Waals surface area contributed by atoms with Crippen molar-refractivity contribution in [3.05, 3.63) is 68.6 Å². The second-order valence-electron chi connectivity index (χ2n) is 4.63. The lowest BCUT2D eigenvalue weighted by molar-refractivity contribution is 1.08. The average molecular weight is 227 g/mol. The number of pyridine rings is 1. The topological polar surface area (TPSA) is 32.9 Å². The van der Waals surface area contributed by atoms with E-state index >= 15 is 0 Å². The van der Waals surface area contributed by atoms with Crippen LogP contribution in [0.2, 0.25) is 0 Å². The summed E-state index contributed by atoms with van der Waals surface area (Å²) in [6.45, 7) is 6.06. The first-order valence-electron chi connectivity index (χ1n) is 5.80. The van der Waals surface area contributed by atoms with Crippen molar-refractivity contribution in [3.63, 3.8) is 0 Å². The van der Waals surface area contributed by atoms with Gasteiger partial charge in [-0.25, -0.2) is 0 Å². The van der Waals surface area contributed by atoms with Crippen molar-refractivity contribution in [2.45, 2.75) is 27.2 Å². The molecule has 0 aliphatic rings. The van der Waals surface area contributed by atoms with Gasteiger partial charge in [0.25, 0.3) is 5.56 Å². The highest BCUT2D eigenvalue weighted by atomic mass is 16.1. The summed E-state index contributed by atoms with van der Waals surface area (Å²) in [5, 5.41) is 0. The molecule has 0 aliphatic carbocycles. The van der Waals surface area contributed by atoms with Gasteiger partial charge in [0.05, 0.1) is 0 Å². The Bertz CT molecular complexity index is 596. The van der Waals surface area contributed by atoms with Gasteiger partial charge in [0.15, 0.2) is 0 Å². The predicted octanol–water partition coefficient (Wildman–Crippen LogP) is 2.89. The summed E-state index contributed by atoms with van der Waals surface area (Å²) in [6, 6.07) is 8.43. The molecule has 2 nitrogen and oxygen atoms in total. The summed E-state index contributed by atoms with van der Waals surface area (Å²) in [5.41, 5.74) is 5.80. The Morgan fingerprint density at radius 1 is 1.06 bits per heavy atom. The summed E-state index contributed by atoms with van der Waals surface area (Å²) in [7, 11) is 0. The highest BCUT2D eigenvalue weighted by Crippen LogP contribution is 2.14. The second-order valence-corrected chi connectivity index (χ2v) is 4.63. The molecule has 0 amide bonds. The third-order valence-corrected chi connectivity index (χ3v) is 3.04.